The van der Waals surface area contributed by atoms with Crippen LogP contribution in [0.4, 0.5) is 4.79 Å². The monoisotopic (exact) mass is 908 g/mol. The van der Waals surface area contributed by atoms with Gasteiger partial charge in [-0.05, 0) is 124 Å². The number of carbonyl (C=O) groups excluding carboxylic acids is 4. The van der Waals surface area contributed by atoms with Crippen LogP contribution in [0, 0.1) is 11.8 Å². The Morgan fingerprint density at radius 3 is 2.46 bits per heavy atom. The maximum atomic E-state index is 14.4. The summed E-state index contributed by atoms with van der Waals surface area (Å²) in [6.07, 6.45) is 9.99. The number of carbonyl (C=O) groups is 4. The summed E-state index contributed by atoms with van der Waals surface area (Å²) in [7, 11) is -1.40. The number of hydrogen-bond acceptors (Lipinski definition) is 12. The molecule has 4 N–H and O–H groups in total. The number of hydrogen-bond donors (Lipinski definition) is 3. The number of nitrogens with two attached hydrogens (primary N) is 1. The Labute approximate surface area is 374 Å². The van der Waals surface area contributed by atoms with Crippen LogP contribution in [-0.4, -0.2) is 112 Å². The standard InChI is InChI=1S/C45H64N8O8S2/c1-27(2)53-36-16-12-14-32(41-47-35(26-62-41)28-19-21-51(6)22-20-28)38(36)49-43(53)60-30-24-37(39(46)54)52(25-30)42(56)34(48-44(57)61-45(3,4)5)15-11-9-7-8-10-13-29-23-33(29)40(55)50-63(58,59)31-17-18-31/h10,12-14,16,26-31,33-34,37H,7-9,11,15,17-25H2,1-6H3,(H2,46,54)(H,48,57)(H,50,55). The zero-order valence-corrected chi connectivity index (χ0v) is 39.0. The number of primary amides is 1. The molecule has 2 aliphatic carbocycles. The molecule has 63 heavy (non-hydrogen) atoms. The average Bonchev–Trinajstić information content (AvgIpc) is 4.08. The minimum atomic E-state index is -3.55. The van der Waals surface area contributed by atoms with E-state index in [1.807, 2.05) is 34.9 Å². The van der Waals surface area contributed by atoms with Gasteiger partial charge in [0.25, 0.3) is 6.01 Å². The molecule has 2 saturated carbocycles. The second-order valence-electron chi connectivity index (χ2n) is 19.1. The number of benzene rings is 1. The Morgan fingerprint density at radius 1 is 1.03 bits per heavy atom. The minimum Gasteiger partial charge on any atom is -0.459 e. The minimum absolute atomic E-state index is 0.0230. The van der Waals surface area contributed by atoms with Gasteiger partial charge in [-0.15, -0.1) is 11.3 Å². The first-order valence-corrected chi connectivity index (χ1v) is 24.9. The number of imidazole rings is 1. The van der Waals surface area contributed by atoms with Crippen LogP contribution in [0.5, 0.6) is 6.01 Å². The van der Waals surface area contributed by atoms with Gasteiger partial charge in [-0.3, -0.25) is 23.7 Å². The van der Waals surface area contributed by atoms with Crippen molar-refractivity contribution in [3.8, 4) is 16.6 Å². The van der Waals surface area contributed by atoms with Gasteiger partial charge < -0.3 is 30.3 Å². The molecule has 2 aliphatic heterocycles. The first kappa shape index (κ1) is 46.4. The molecular formula is C45H64N8O8S2. The molecule has 7 rings (SSSR count). The van der Waals surface area contributed by atoms with Crippen molar-refractivity contribution in [2.24, 2.45) is 17.6 Å². The number of nitrogens with one attached hydrogen (secondary N) is 2. The van der Waals surface area contributed by atoms with E-state index in [4.69, 9.17) is 25.2 Å². The summed E-state index contributed by atoms with van der Waals surface area (Å²) in [5, 5.41) is 5.40. The van der Waals surface area contributed by atoms with E-state index < -0.39 is 62.9 Å². The third kappa shape index (κ3) is 11.6. The van der Waals surface area contributed by atoms with Crippen molar-refractivity contribution in [2.75, 3.05) is 26.7 Å². The van der Waals surface area contributed by atoms with Crippen LogP contribution in [0.3, 0.4) is 0 Å². The molecule has 16 nitrogen and oxygen atoms in total. The number of amides is 4. The van der Waals surface area contributed by atoms with Crippen molar-refractivity contribution in [1.29, 1.82) is 0 Å². The topological polar surface area (TPSA) is 208 Å². The number of thiazole rings is 1. The number of fused-ring (bicyclic) bond motifs is 1. The Balaban J connectivity index is 0.991. The molecule has 5 unspecified atom stereocenters. The van der Waals surface area contributed by atoms with Crippen LogP contribution >= 0.6 is 11.3 Å². The number of likely N-dealkylation sites (tertiary alicyclic amines) is 2. The molecule has 4 fully saturated rings. The van der Waals surface area contributed by atoms with E-state index >= 15 is 0 Å². The summed E-state index contributed by atoms with van der Waals surface area (Å²) >= 11 is 1.62. The fourth-order valence-corrected chi connectivity index (χ4v) is 11.0. The van der Waals surface area contributed by atoms with Gasteiger partial charge in [0.2, 0.25) is 27.7 Å². The Hall–Kier alpha value is -4.55. The predicted molar refractivity (Wildman–Crippen MR) is 241 cm³/mol. The maximum Gasteiger partial charge on any atom is 0.408 e. The molecular weight excluding hydrogens is 845 g/mol. The quantitative estimate of drug-likeness (QED) is 0.0992. The van der Waals surface area contributed by atoms with Crippen molar-refractivity contribution in [3.63, 3.8) is 0 Å². The van der Waals surface area contributed by atoms with Crippen LogP contribution in [0.15, 0.2) is 35.7 Å². The molecule has 4 amide bonds. The number of rotatable bonds is 18. The SMILES string of the molecule is CC(C)n1c(OC2CC(C(N)=O)N(C(=O)C(CCCCCC=CC3CC3C(=O)NS(=O)(=O)C3CC3)NC(=O)OC(C)(C)C)C2)nc2c(-c3nc(C4CCN(C)CC4)cs3)cccc21. The number of allylic oxidation sites excluding steroid dienone is 2. The second-order valence-corrected chi connectivity index (χ2v) is 21.9. The predicted octanol–water partition coefficient (Wildman–Crippen LogP) is 6.03. The molecule has 1 aromatic carbocycles. The highest BCUT2D eigenvalue weighted by molar-refractivity contribution is 7.90. The summed E-state index contributed by atoms with van der Waals surface area (Å²) in [5.41, 5.74) is 8.83. The second kappa shape index (κ2) is 19.3. The molecule has 0 bridgehead atoms. The van der Waals surface area contributed by atoms with Crippen LogP contribution in [-0.2, 0) is 29.1 Å². The number of para-hydroxylation sites is 1. The number of piperidine rings is 1. The lowest BCUT2D eigenvalue weighted by Crippen LogP contribution is -2.53. The normalized spacial score (nSPS) is 22.7. The lowest BCUT2D eigenvalue weighted by Gasteiger charge is -2.28. The van der Waals surface area contributed by atoms with Gasteiger partial charge in [-0.2, -0.15) is 4.98 Å². The first-order valence-electron chi connectivity index (χ1n) is 22.5. The van der Waals surface area contributed by atoms with Crippen molar-refractivity contribution >= 4 is 56.2 Å². The van der Waals surface area contributed by atoms with E-state index in [0.717, 1.165) is 72.5 Å². The van der Waals surface area contributed by atoms with Crippen LogP contribution in [0.1, 0.15) is 123 Å². The van der Waals surface area contributed by atoms with E-state index in [9.17, 15) is 27.6 Å². The number of nitrogens with zero attached hydrogens (tertiary/aromatic N) is 5. The number of ether oxygens (including phenoxy) is 2. The van der Waals surface area contributed by atoms with Crippen molar-refractivity contribution in [3.05, 3.63) is 41.4 Å². The summed E-state index contributed by atoms with van der Waals surface area (Å²) in [6.45, 7) is 11.5. The highest BCUT2D eigenvalue weighted by Gasteiger charge is 2.45. The molecule has 0 spiro atoms. The zero-order valence-electron chi connectivity index (χ0n) is 37.4. The summed E-state index contributed by atoms with van der Waals surface area (Å²) < 4.78 is 40.7. The van der Waals surface area contributed by atoms with E-state index in [1.54, 1.807) is 32.1 Å². The van der Waals surface area contributed by atoms with Crippen LogP contribution < -0.4 is 20.5 Å². The van der Waals surface area contributed by atoms with Crippen LogP contribution in [0.25, 0.3) is 21.6 Å². The van der Waals surface area contributed by atoms with Crippen molar-refractivity contribution in [2.45, 2.75) is 146 Å². The van der Waals surface area contributed by atoms with Gasteiger partial charge in [0.15, 0.2) is 0 Å². The van der Waals surface area contributed by atoms with Gasteiger partial charge >= 0.3 is 6.09 Å². The lowest BCUT2D eigenvalue weighted by atomic mass is 9.94. The number of sulfonamides is 1. The third-order valence-corrected chi connectivity index (χ3v) is 15.1. The molecule has 4 heterocycles. The fourth-order valence-electron chi connectivity index (χ4n) is 8.67. The largest absolute Gasteiger partial charge is 0.459 e. The van der Waals surface area contributed by atoms with Crippen LogP contribution in [0.2, 0.25) is 0 Å². The maximum absolute atomic E-state index is 14.4. The van der Waals surface area contributed by atoms with Gasteiger partial charge in [-0.1, -0.05) is 31.1 Å². The smallest absolute Gasteiger partial charge is 0.408 e. The van der Waals surface area contributed by atoms with Crippen molar-refractivity contribution in [1.82, 2.24) is 34.4 Å². The molecule has 344 valence electrons. The molecule has 4 aliphatic rings. The molecule has 5 atom stereocenters. The lowest BCUT2D eigenvalue weighted by molar-refractivity contribution is -0.139. The number of aromatic nitrogens is 3. The summed E-state index contributed by atoms with van der Waals surface area (Å²) in [5.74, 6) is -1.39. The number of alkyl carbamates (subject to hydrolysis) is 1. The highest BCUT2D eigenvalue weighted by Crippen LogP contribution is 2.41. The summed E-state index contributed by atoms with van der Waals surface area (Å²) in [4.78, 5) is 66.6. The van der Waals surface area contributed by atoms with E-state index in [2.05, 4.69) is 41.2 Å². The highest BCUT2D eigenvalue weighted by atomic mass is 32.2. The average molecular weight is 909 g/mol. The molecule has 18 heteroatoms. The van der Waals surface area contributed by atoms with E-state index in [-0.39, 0.29) is 30.8 Å². The molecule has 2 saturated heterocycles. The Kier molecular flexibility index (Phi) is 14.2. The zero-order chi connectivity index (χ0) is 45.2. The van der Waals surface area contributed by atoms with E-state index in [0.29, 0.717) is 44.0 Å². The Bertz CT molecular complexity index is 2290. The molecule has 0 radical (unpaired) electrons. The number of unbranched alkanes of at least 4 members (excludes halogenated alkanes) is 3. The summed E-state index contributed by atoms with van der Waals surface area (Å²) in [6, 6.07) is 4.47. The van der Waals surface area contributed by atoms with Gasteiger partial charge in [0.05, 0.1) is 23.0 Å². The van der Waals surface area contributed by atoms with Gasteiger partial charge in [0.1, 0.15) is 34.3 Å². The van der Waals surface area contributed by atoms with Crippen molar-refractivity contribution < 1.29 is 37.1 Å². The van der Waals surface area contributed by atoms with Gasteiger partial charge in [-0.25, -0.2) is 18.2 Å². The molecule has 3 aromatic rings. The third-order valence-electron chi connectivity index (χ3n) is 12.4. The molecule has 2 aromatic heterocycles. The van der Waals surface area contributed by atoms with E-state index in [1.165, 1.54) is 4.90 Å². The van der Waals surface area contributed by atoms with Gasteiger partial charge in [0, 0.05) is 35.2 Å². The first-order chi connectivity index (χ1) is 29.9. The Morgan fingerprint density at radius 2 is 1.78 bits per heavy atom. The fraction of sp³-hybridized carbons (Fsp3) is 0.644.